The molecule has 1 aromatic carbocycles. The Hall–Kier alpha value is -1.08. The summed E-state index contributed by atoms with van der Waals surface area (Å²) in [6.07, 6.45) is 13.9. The van der Waals surface area contributed by atoms with E-state index in [1.165, 1.54) is 19.3 Å². The summed E-state index contributed by atoms with van der Waals surface area (Å²) in [5.74, 6) is 0.338. The van der Waals surface area contributed by atoms with Crippen molar-refractivity contribution in [3.05, 3.63) is 81.5 Å². The maximum absolute atomic E-state index is 11.2. The summed E-state index contributed by atoms with van der Waals surface area (Å²) in [4.78, 5) is 0. The summed E-state index contributed by atoms with van der Waals surface area (Å²) in [6.45, 7) is 15.5. The number of aliphatic hydroxyl groups is 1. The van der Waals surface area contributed by atoms with Crippen LogP contribution in [0, 0.1) is 51.6 Å². The molecule has 0 aliphatic heterocycles. The van der Waals surface area contributed by atoms with Gasteiger partial charge in [0.05, 0.1) is 5.60 Å². The van der Waals surface area contributed by atoms with Crippen LogP contribution in [0.3, 0.4) is 0 Å². The average Bonchev–Trinajstić information content (AvgIpc) is 2.74. The second-order valence-corrected chi connectivity index (χ2v) is 5.41. The van der Waals surface area contributed by atoms with Gasteiger partial charge in [-0.1, -0.05) is 56.5 Å². The molecule has 1 saturated carbocycles. The molecule has 1 aliphatic rings. The molecule has 5 heteroatoms. The van der Waals surface area contributed by atoms with Crippen molar-refractivity contribution in [3.8, 4) is 0 Å². The summed E-state index contributed by atoms with van der Waals surface area (Å²) in [5.41, 5.74) is 0.198. The van der Waals surface area contributed by atoms with Gasteiger partial charge in [0.1, 0.15) is 0 Å². The molecule has 0 aromatic heterocycles. The average molecular weight is 396 g/mol. The van der Waals surface area contributed by atoms with Gasteiger partial charge in [-0.25, -0.2) is 0 Å². The monoisotopic (exact) mass is 396 g/mol. The zero-order chi connectivity index (χ0) is 19.6. The molecule has 0 bridgehead atoms. The van der Waals surface area contributed by atoms with Gasteiger partial charge in [0.15, 0.2) is 0 Å². The van der Waals surface area contributed by atoms with E-state index in [4.69, 9.17) is 14.0 Å². The molecule has 1 fully saturated rings. The number of rotatable bonds is 6. The summed E-state index contributed by atoms with van der Waals surface area (Å²) < 4.78 is 22.5. The molecule has 0 saturated heterocycles. The Morgan fingerprint density at radius 2 is 1.42 bits per heavy atom. The van der Waals surface area contributed by atoms with Crippen LogP contribution in [0.15, 0.2) is 30.3 Å². The van der Waals surface area contributed by atoms with E-state index >= 15 is 0 Å². The van der Waals surface area contributed by atoms with Gasteiger partial charge in [0.25, 0.3) is 0 Å². The fraction of sp³-hybridized carbons (Fsp3) is 0.381. The van der Waals surface area contributed by atoms with Crippen molar-refractivity contribution in [1.29, 1.82) is 0 Å². The van der Waals surface area contributed by atoms with Crippen molar-refractivity contribution < 1.29 is 36.1 Å². The van der Waals surface area contributed by atoms with Crippen molar-refractivity contribution >= 4 is 0 Å². The summed E-state index contributed by atoms with van der Waals surface area (Å²) in [7, 11) is 0. The van der Waals surface area contributed by atoms with Crippen LogP contribution in [0.5, 0.6) is 0 Å². The third kappa shape index (κ3) is 10.2. The Labute approximate surface area is 168 Å². The molecule has 0 amide bonds. The zero-order valence-corrected chi connectivity index (χ0v) is 15.9. The molecule has 1 aliphatic carbocycles. The van der Waals surface area contributed by atoms with E-state index in [-0.39, 0.29) is 17.1 Å². The van der Waals surface area contributed by atoms with Gasteiger partial charge in [-0.15, -0.1) is 0 Å². The number of hydrogen-bond acceptors (Lipinski definition) is 1. The van der Waals surface area contributed by atoms with Gasteiger partial charge in [-0.2, -0.15) is 0 Å². The largest absolute Gasteiger partial charge is 0 e. The molecule has 4 radical (unpaired) electrons. The molecule has 140 valence electrons. The molecule has 1 aromatic rings. The van der Waals surface area contributed by atoms with Gasteiger partial charge in [-0.05, 0) is 43.6 Å². The number of benzene rings is 1. The second kappa shape index (κ2) is 20.2. The molecule has 0 spiro atoms. The van der Waals surface area contributed by atoms with E-state index in [1.54, 1.807) is 0 Å². The van der Waals surface area contributed by atoms with Gasteiger partial charge in [0, 0.05) is 23.5 Å². The minimum Gasteiger partial charge on any atom is 0 e. The number of hydrogen-bond donors (Lipinski definition) is 1. The first kappa shape index (κ1) is 29.7. The maximum Gasteiger partial charge on any atom is 0 e. The van der Waals surface area contributed by atoms with Crippen LogP contribution < -0.4 is 0 Å². The summed E-state index contributed by atoms with van der Waals surface area (Å²) in [5, 5.41) is 11.2. The molecular weight excluding hydrogens is 372 g/mol. The van der Waals surface area contributed by atoms with E-state index in [1.807, 2.05) is 62.9 Å². The molecule has 0 unspecified atom stereocenters. The van der Waals surface area contributed by atoms with Crippen molar-refractivity contribution in [3.63, 3.8) is 0 Å². The topological polar surface area (TPSA) is 79.9 Å². The van der Waals surface area contributed by atoms with Gasteiger partial charge < -0.3 is 5.11 Å². The predicted molar refractivity (Wildman–Crippen MR) is 91.6 cm³/mol. The normalized spacial score (nSPS) is 14.9. The number of unbranched alkanes of at least 4 members (excludes halogenated alkanes) is 2. The Bertz CT molecular complexity index is 464. The van der Waals surface area contributed by atoms with Crippen molar-refractivity contribution in [2.24, 2.45) is 5.92 Å². The first-order chi connectivity index (χ1) is 12.3. The fourth-order valence-electron chi connectivity index (χ4n) is 3.03. The summed E-state index contributed by atoms with van der Waals surface area (Å²) in [6, 6.07) is 10.1. The van der Waals surface area contributed by atoms with Crippen LogP contribution >= 0.6 is 0 Å². The Balaban J connectivity index is -0.000000686. The third-order valence-electron chi connectivity index (χ3n) is 4.12. The minimum atomic E-state index is -0.818. The van der Waals surface area contributed by atoms with E-state index in [9.17, 15) is 5.11 Å². The molecule has 4 nitrogen and oxygen atoms in total. The zero-order valence-electron chi connectivity index (χ0n) is 14.8. The van der Waals surface area contributed by atoms with E-state index < -0.39 is 5.60 Å². The van der Waals surface area contributed by atoms with Gasteiger partial charge in [-0.3, -0.25) is 0 Å². The fourth-order valence-corrected chi connectivity index (χ4v) is 3.03. The van der Waals surface area contributed by atoms with Crippen molar-refractivity contribution in [2.45, 2.75) is 44.6 Å². The van der Waals surface area contributed by atoms with Crippen LogP contribution in [0.4, 0.5) is 0 Å². The van der Waals surface area contributed by atoms with Crippen LogP contribution in [0.1, 0.15) is 44.6 Å². The molecule has 1 N–H and O–H groups in total. The smallest absolute Gasteiger partial charge is 0 e. The minimum absolute atomic E-state index is 0. The SMILES string of the molecule is C[CH][CH][CH][CH][C@@](O)(c1ccccc1)C1CCCCC1.[C-]#[O+].[C-]#[O+].[C-]#[O+].[Fe]. The molecule has 1 atom stereocenters. The molecule has 0 heterocycles. The Morgan fingerprint density at radius 3 is 1.88 bits per heavy atom. The summed E-state index contributed by atoms with van der Waals surface area (Å²) >= 11 is 0. The van der Waals surface area contributed by atoms with E-state index in [2.05, 4.69) is 20.0 Å². The van der Waals surface area contributed by atoms with Crippen LogP contribution in [0.2, 0.25) is 0 Å². The first-order valence-electron chi connectivity index (χ1n) is 7.97. The maximum atomic E-state index is 11.2. The van der Waals surface area contributed by atoms with Crippen LogP contribution in [-0.2, 0) is 36.6 Å². The predicted octanol–water partition coefficient (Wildman–Crippen LogP) is 4.18. The van der Waals surface area contributed by atoms with E-state index in [0.29, 0.717) is 5.92 Å². The van der Waals surface area contributed by atoms with Gasteiger partial charge in [0.2, 0.25) is 0 Å². The van der Waals surface area contributed by atoms with Gasteiger partial charge >= 0.3 is 33.9 Å². The van der Waals surface area contributed by atoms with E-state index in [0.717, 1.165) is 18.4 Å². The van der Waals surface area contributed by atoms with Crippen LogP contribution in [-0.4, -0.2) is 5.11 Å². The van der Waals surface area contributed by atoms with Crippen molar-refractivity contribution in [1.82, 2.24) is 0 Å². The third-order valence-corrected chi connectivity index (χ3v) is 4.12. The second-order valence-electron chi connectivity index (χ2n) is 5.41. The quantitative estimate of drug-likeness (QED) is 0.333. The molecule has 26 heavy (non-hydrogen) atoms. The molecule has 2 rings (SSSR count). The molecular formula is C21H24FeO4. The Kier molecular flexibility index (Phi) is 23.1. The van der Waals surface area contributed by atoms with Crippen LogP contribution in [0.25, 0.3) is 0 Å². The Morgan fingerprint density at radius 1 is 0.923 bits per heavy atom. The standard InChI is InChI=1S/C18H24O.3CO.Fe/c1-2-3-10-15-18(19,16-11-6-4-7-12-16)17-13-8-5-9-14-17;3*1-2;/h2-4,6-7,10-12,15,17,19H,5,8-9,13-14H2,1H3;;;;/t18-;;;;/m1..../s1. The van der Waals surface area contributed by atoms with Crippen molar-refractivity contribution in [2.75, 3.05) is 0 Å². The first-order valence-corrected chi connectivity index (χ1v) is 7.97.